The molecule has 0 radical (unpaired) electrons. The minimum atomic E-state index is -0.372. The van der Waals surface area contributed by atoms with Crippen molar-refractivity contribution in [2.45, 2.75) is 13.8 Å². The van der Waals surface area contributed by atoms with Gasteiger partial charge >= 0.3 is 5.69 Å². The Balaban J connectivity index is 2.13. The zero-order valence-electron chi connectivity index (χ0n) is 16.7. The lowest BCUT2D eigenvalue weighted by Crippen LogP contribution is -2.23. The number of nitrogens with one attached hydrogen (secondary N) is 1. The maximum Gasteiger partial charge on any atom is 0.334 e. The summed E-state index contributed by atoms with van der Waals surface area (Å²) in [7, 11) is 3.17. The molecule has 2 aromatic heterocycles. The number of aromatic nitrogens is 4. The van der Waals surface area contributed by atoms with Gasteiger partial charge in [0.1, 0.15) is 5.52 Å². The first kappa shape index (κ1) is 18.6. The van der Waals surface area contributed by atoms with Crippen molar-refractivity contribution in [2.24, 2.45) is 7.05 Å². The number of benzene rings is 2. The third-order valence-corrected chi connectivity index (χ3v) is 5.00. The Morgan fingerprint density at radius 1 is 1.00 bits per heavy atom. The van der Waals surface area contributed by atoms with Crippen molar-refractivity contribution < 1.29 is 4.79 Å². The Morgan fingerprint density at radius 3 is 2.34 bits per heavy atom. The number of carbonyl (C=O) groups excluding carboxylic acids is 1. The van der Waals surface area contributed by atoms with Crippen molar-refractivity contribution >= 4 is 17.1 Å². The first-order valence-electron chi connectivity index (χ1n) is 9.27. The Morgan fingerprint density at radius 2 is 1.69 bits per heavy atom. The van der Waals surface area contributed by atoms with Crippen LogP contribution in [0, 0.1) is 13.8 Å². The van der Waals surface area contributed by atoms with Gasteiger partial charge in [-0.1, -0.05) is 48.0 Å². The second-order valence-electron chi connectivity index (χ2n) is 6.98. The number of hydrogen-bond donors (Lipinski definition) is 1. The van der Waals surface area contributed by atoms with E-state index in [2.05, 4.69) is 10.3 Å². The highest BCUT2D eigenvalue weighted by molar-refractivity contribution is 6.03. The third-order valence-electron chi connectivity index (χ3n) is 5.00. The summed E-state index contributed by atoms with van der Waals surface area (Å²) in [4.78, 5) is 34.9. The maximum atomic E-state index is 13.1. The molecule has 0 unspecified atom stereocenters. The lowest BCUT2D eigenvalue weighted by Gasteiger charge is -2.09. The van der Waals surface area contributed by atoms with E-state index in [9.17, 15) is 9.59 Å². The van der Waals surface area contributed by atoms with Gasteiger partial charge in [-0.15, -0.1) is 0 Å². The van der Waals surface area contributed by atoms with E-state index in [1.807, 2.05) is 62.4 Å². The Kier molecular flexibility index (Phi) is 4.50. The molecule has 146 valence electrons. The summed E-state index contributed by atoms with van der Waals surface area (Å²) in [5.74, 6) is 0.0207. The van der Waals surface area contributed by atoms with Crippen molar-refractivity contribution in [3.05, 3.63) is 75.8 Å². The Labute approximate surface area is 167 Å². The smallest absolute Gasteiger partial charge is 0.334 e. The van der Waals surface area contributed by atoms with Crippen LogP contribution in [0.5, 0.6) is 0 Å². The number of fused-ring (bicyclic) bond motifs is 1. The van der Waals surface area contributed by atoms with E-state index in [1.165, 1.54) is 16.2 Å². The number of carbonyl (C=O) groups is 1. The van der Waals surface area contributed by atoms with Crippen LogP contribution in [0.15, 0.2) is 53.3 Å². The number of hydrogen-bond acceptors (Lipinski definition) is 4. The van der Waals surface area contributed by atoms with Gasteiger partial charge in [-0.05, 0) is 25.5 Å². The highest BCUT2D eigenvalue weighted by atomic mass is 16.2. The fraction of sp³-hybridized carbons (Fsp3) is 0.182. The molecule has 29 heavy (non-hydrogen) atoms. The predicted octanol–water partition coefficient (Wildman–Crippen LogP) is 2.76. The molecular weight excluding hydrogens is 366 g/mol. The Hall–Kier alpha value is -3.74. The first-order chi connectivity index (χ1) is 13.9. The van der Waals surface area contributed by atoms with Crippen LogP contribution >= 0.6 is 0 Å². The number of rotatable bonds is 3. The molecular formula is C22H21N5O2. The molecule has 0 bridgehead atoms. The summed E-state index contributed by atoms with van der Waals surface area (Å²) in [6.45, 7) is 3.93. The van der Waals surface area contributed by atoms with Crippen molar-refractivity contribution in [1.29, 1.82) is 0 Å². The van der Waals surface area contributed by atoms with Gasteiger partial charge in [0.2, 0.25) is 0 Å². The molecule has 0 aliphatic rings. The first-order valence-corrected chi connectivity index (χ1v) is 9.27. The zero-order chi connectivity index (χ0) is 20.7. The van der Waals surface area contributed by atoms with Crippen LogP contribution in [0.1, 0.15) is 21.6 Å². The second-order valence-corrected chi connectivity index (χ2v) is 6.98. The summed E-state index contributed by atoms with van der Waals surface area (Å²) in [5.41, 5.74) is 4.21. The van der Waals surface area contributed by atoms with Gasteiger partial charge in [0.15, 0.2) is 17.2 Å². The molecule has 0 aliphatic heterocycles. The summed E-state index contributed by atoms with van der Waals surface area (Å²) in [6, 6.07) is 15.3. The number of amides is 1. The number of imidazole rings is 1. The topological polar surface area (TPSA) is 81.8 Å². The summed E-state index contributed by atoms with van der Waals surface area (Å²) >= 11 is 0. The van der Waals surface area contributed by atoms with Crippen molar-refractivity contribution in [1.82, 2.24) is 24.4 Å². The minimum Gasteiger partial charge on any atom is -0.354 e. The number of aryl methyl sites for hydroxylation is 3. The average molecular weight is 387 g/mol. The normalized spacial score (nSPS) is 11.0. The maximum absolute atomic E-state index is 13.1. The molecule has 1 amide bonds. The quantitative estimate of drug-likeness (QED) is 0.586. The highest BCUT2D eigenvalue weighted by Gasteiger charge is 2.23. The van der Waals surface area contributed by atoms with Gasteiger partial charge < -0.3 is 5.32 Å². The van der Waals surface area contributed by atoms with E-state index in [0.717, 1.165) is 22.4 Å². The standard InChI is InChI=1S/C22H21N5O2/c1-13-9-11-15(12-10-13)19-24-17(21(28)23-3)18-20(25-19)27(22(29)26(18)4)16-8-6-5-7-14(16)2/h5-12H,1-4H3,(H,23,28). The molecule has 4 rings (SSSR count). The average Bonchev–Trinajstić information content (AvgIpc) is 2.98. The second kappa shape index (κ2) is 7.01. The third kappa shape index (κ3) is 3.00. The van der Waals surface area contributed by atoms with Crippen LogP contribution in [-0.4, -0.2) is 32.1 Å². The summed E-state index contributed by atoms with van der Waals surface area (Å²) in [6.07, 6.45) is 0. The molecule has 0 saturated heterocycles. The molecule has 0 aliphatic carbocycles. The molecule has 0 fully saturated rings. The van der Waals surface area contributed by atoms with E-state index in [4.69, 9.17) is 4.98 Å². The lowest BCUT2D eigenvalue weighted by molar-refractivity contribution is 0.0959. The predicted molar refractivity (Wildman–Crippen MR) is 112 cm³/mol. The van der Waals surface area contributed by atoms with Gasteiger partial charge in [-0.3, -0.25) is 9.36 Å². The fourth-order valence-electron chi connectivity index (χ4n) is 3.38. The zero-order valence-corrected chi connectivity index (χ0v) is 16.7. The van der Waals surface area contributed by atoms with Crippen LogP contribution in [0.2, 0.25) is 0 Å². The van der Waals surface area contributed by atoms with Crippen LogP contribution < -0.4 is 11.0 Å². The van der Waals surface area contributed by atoms with Gasteiger partial charge in [0.05, 0.1) is 5.69 Å². The van der Waals surface area contributed by atoms with E-state index in [-0.39, 0.29) is 17.3 Å². The molecule has 7 heteroatoms. The highest BCUT2D eigenvalue weighted by Crippen LogP contribution is 2.24. The molecule has 1 N–H and O–H groups in total. The lowest BCUT2D eigenvalue weighted by atomic mass is 10.1. The van der Waals surface area contributed by atoms with E-state index in [1.54, 1.807) is 7.05 Å². The summed E-state index contributed by atoms with van der Waals surface area (Å²) < 4.78 is 2.96. The fourth-order valence-corrected chi connectivity index (χ4v) is 3.38. The molecule has 0 saturated carbocycles. The van der Waals surface area contributed by atoms with Gasteiger partial charge in [-0.2, -0.15) is 0 Å². The van der Waals surface area contributed by atoms with Crippen LogP contribution in [0.25, 0.3) is 28.2 Å². The van der Waals surface area contributed by atoms with Gasteiger partial charge in [-0.25, -0.2) is 19.3 Å². The SMILES string of the molecule is CNC(=O)c1nc(-c2ccc(C)cc2)nc2c1n(C)c(=O)n2-c1ccccc1C. The van der Waals surface area contributed by atoms with E-state index < -0.39 is 0 Å². The van der Waals surface area contributed by atoms with Crippen molar-refractivity contribution in [3.63, 3.8) is 0 Å². The number of para-hydroxylation sites is 1. The Bertz CT molecular complexity index is 1300. The largest absolute Gasteiger partial charge is 0.354 e. The molecule has 4 aromatic rings. The van der Waals surface area contributed by atoms with Gasteiger partial charge in [0, 0.05) is 19.7 Å². The molecule has 0 atom stereocenters. The number of nitrogens with zero attached hydrogens (tertiary/aromatic N) is 4. The molecule has 7 nitrogen and oxygen atoms in total. The van der Waals surface area contributed by atoms with Crippen molar-refractivity contribution in [3.8, 4) is 17.1 Å². The molecule has 0 spiro atoms. The monoisotopic (exact) mass is 387 g/mol. The minimum absolute atomic E-state index is 0.167. The van der Waals surface area contributed by atoms with Gasteiger partial charge in [0.25, 0.3) is 5.91 Å². The van der Waals surface area contributed by atoms with Crippen LogP contribution in [0.4, 0.5) is 0 Å². The van der Waals surface area contributed by atoms with Crippen LogP contribution in [-0.2, 0) is 7.05 Å². The van der Waals surface area contributed by atoms with E-state index >= 15 is 0 Å². The summed E-state index contributed by atoms with van der Waals surface area (Å²) in [5, 5.41) is 2.61. The molecule has 2 aromatic carbocycles. The van der Waals surface area contributed by atoms with E-state index in [0.29, 0.717) is 17.0 Å². The molecule has 2 heterocycles. The van der Waals surface area contributed by atoms with Crippen LogP contribution in [0.3, 0.4) is 0 Å². The van der Waals surface area contributed by atoms with Crippen molar-refractivity contribution in [2.75, 3.05) is 7.05 Å².